The van der Waals surface area contributed by atoms with E-state index in [1.807, 2.05) is 5.32 Å². The van der Waals surface area contributed by atoms with Gasteiger partial charge in [0.15, 0.2) is 0 Å². The van der Waals surface area contributed by atoms with E-state index in [0.29, 0.717) is 20.9 Å². The standard InChI is InChI=1S/C18H11BrClN5O5/c19-13-7-11(5-6-15(13)30-18-21-8-10(20)9-22-18)23-17(27)24-16(26)12-3-1-2-4-14(12)25(28)29/h1-9H,(H2,23,24,26,27). The molecule has 1 heterocycles. The number of carbonyl (C=O) groups excluding carboxylic acids is 2. The van der Waals surface area contributed by atoms with Crippen LogP contribution in [0.1, 0.15) is 10.4 Å². The van der Waals surface area contributed by atoms with E-state index in [1.165, 1.54) is 48.8 Å². The van der Waals surface area contributed by atoms with Gasteiger partial charge < -0.3 is 10.1 Å². The average Bonchev–Trinajstić information content (AvgIpc) is 2.71. The summed E-state index contributed by atoms with van der Waals surface area (Å²) < 4.78 is 5.98. The Morgan fingerprint density at radius 2 is 1.83 bits per heavy atom. The van der Waals surface area contributed by atoms with Gasteiger partial charge in [0, 0.05) is 11.8 Å². The van der Waals surface area contributed by atoms with E-state index in [-0.39, 0.29) is 11.6 Å². The first-order valence-corrected chi connectivity index (χ1v) is 9.31. The van der Waals surface area contributed by atoms with E-state index in [9.17, 15) is 19.7 Å². The van der Waals surface area contributed by atoms with Crippen molar-refractivity contribution in [2.45, 2.75) is 0 Å². The predicted molar refractivity (Wildman–Crippen MR) is 111 cm³/mol. The summed E-state index contributed by atoms with van der Waals surface area (Å²) in [5, 5.41) is 15.9. The van der Waals surface area contributed by atoms with Crippen LogP contribution in [0.3, 0.4) is 0 Å². The smallest absolute Gasteiger partial charge is 0.326 e. The molecule has 2 N–H and O–H groups in total. The van der Waals surface area contributed by atoms with Gasteiger partial charge in [-0.3, -0.25) is 20.2 Å². The van der Waals surface area contributed by atoms with Crippen molar-refractivity contribution < 1.29 is 19.2 Å². The Morgan fingerprint density at radius 3 is 2.50 bits per heavy atom. The summed E-state index contributed by atoms with van der Waals surface area (Å²) in [7, 11) is 0. The van der Waals surface area contributed by atoms with Crippen LogP contribution in [0, 0.1) is 10.1 Å². The molecule has 0 aliphatic rings. The van der Waals surface area contributed by atoms with Gasteiger partial charge in [0.25, 0.3) is 11.6 Å². The number of urea groups is 1. The average molecular weight is 493 g/mol. The monoisotopic (exact) mass is 491 g/mol. The molecule has 1 aromatic heterocycles. The number of anilines is 1. The summed E-state index contributed by atoms with van der Waals surface area (Å²) in [5.41, 5.74) is -0.305. The molecule has 12 heteroatoms. The van der Waals surface area contributed by atoms with Crippen LogP contribution in [0.4, 0.5) is 16.2 Å². The highest BCUT2D eigenvalue weighted by Crippen LogP contribution is 2.30. The number of carbonyl (C=O) groups is 2. The molecule has 2 aromatic carbocycles. The molecule has 0 bridgehead atoms. The number of rotatable bonds is 5. The summed E-state index contributed by atoms with van der Waals surface area (Å²) in [6.07, 6.45) is 2.76. The third kappa shape index (κ3) is 5.27. The number of nitrogens with zero attached hydrogens (tertiary/aromatic N) is 3. The van der Waals surface area contributed by atoms with Gasteiger partial charge in [0.05, 0.1) is 26.8 Å². The summed E-state index contributed by atoms with van der Waals surface area (Å²) in [5.74, 6) is -0.530. The number of amides is 3. The first-order valence-electron chi connectivity index (χ1n) is 8.14. The minimum absolute atomic E-state index is 0.0774. The lowest BCUT2D eigenvalue weighted by atomic mass is 10.1. The lowest BCUT2D eigenvalue weighted by Gasteiger charge is -2.10. The van der Waals surface area contributed by atoms with Crippen LogP contribution in [0.2, 0.25) is 5.02 Å². The first-order chi connectivity index (χ1) is 14.3. The molecule has 0 saturated carbocycles. The van der Waals surface area contributed by atoms with Crippen LogP contribution < -0.4 is 15.4 Å². The van der Waals surface area contributed by atoms with Crippen molar-refractivity contribution in [3.8, 4) is 11.8 Å². The van der Waals surface area contributed by atoms with Crippen molar-refractivity contribution in [2.24, 2.45) is 0 Å². The normalized spacial score (nSPS) is 10.2. The highest BCUT2D eigenvalue weighted by molar-refractivity contribution is 9.10. The summed E-state index contributed by atoms with van der Waals surface area (Å²) in [6, 6.07) is 9.11. The molecule has 3 rings (SSSR count). The molecule has 0 fully saturated rings. The van der Waals surface area contributed by atoms with Crippen LogP contribution in [0.5, 0.6) is 11.8 Å². The second kappa shape index (κ2) is 9.29. The van der Waals surface area contributed by atoms with E-state index in [4.69, 9.17) is 16.3 Å². The Balaban J connectivity index is 1.65. The number of halogens is 2. The Kier molecular flexibility index (Phi) is 6.54. The minimum Gasteiger partial charge on any atom is -0.423 e. The molecule has 0 radical (unpaired) electrons. The van der Waals surface area contributed by atoms with Crippen LogP contribution in [0.25, 0.3) is 0 Å². The van der Waals surface area contributed by atoms with Crippen LogP contribution in [0.15, 0.2) is 59.3 Å². The molecule has 0 saturated heterocycles. The number of nitro groups is 1. The van der Waals surface area contributed by atoms with E-state index >= 15 is 0 Å². The van der Waals surface area contributed by atoms with Gasteiger partial charge in [0.2, 0.25) is 0 Å². The number of nitro benzene ring substituents is 1. The largest absolute Gasteiger partial charge is 0.423 e. The molecule has 0 atom stereocenters. The van der Waals surface area contributed by atoms with Crippen molar-refractivity contribution in [3.63, 3.8) is 0 Å². The quantitative estimate of drug-likeness (QED) is 0.393. The van der Waals surface area contributed by atoms with Gasteiger partial charge in [-0.15, -0.1) is 0 Å². The Bertz CT molecular complexity index is 1130. The summed E-state index contributed by atoms with van der Waals surface area (Å²) in [6.45, 7) is 0. The molecule has 152 valence electrons. The number of nitrogens with one attached hydrogen (secondary N) is 2. The highest BCUT2D eigenvalue weighted by atomic mass is 79.9. The number of imide groups is 1. The lowest BCUT2D eigenvalue weighted by molar-refractivity contribution is -0.385. The van der Waals surface area contributed by atoms with Gasteiger partial charge in [-0.05, 0) is 40.2 Å². The Morgan fingerprint density at radius 1 is 1.13 bits per heavy atom. The van der Waals surface area contributed by atoms with Gasteiger partial charge in [-0.2, -0.15) is 0 Å². The van der Waals surface area contributed by atoms with Crippen molar-refractivity contribution in [1.82, 2.24) is 15.3 Å². The lowest BCUT2D eigenvalue weighted by Crippen LogP contribution is -2.34. The van der Waals surface area contributed by atoms with Gasteiger partial charge in [0.1, 0.15) is 11.3 Å². The number of para-hydroxylation sites is 1. The zero-order chi connectivity index (χ0) is 21.7. The SMILES string of the molecule is O=C(NC(=O)c1ccccc1[N+](=O)[O-])Nc1ccc(Oc2ncc(Cl)cn2)c(Br)c1. The van der Waals surface area contributed by atoms with Gasteiger partial charge >= 0.3 is 12.0 Å². The maximum atomic E-state index is 12.2. The zero-order valence-electron chi connectivity index (χ0n) is 14.8. The molecule has 0 aliphatic heterocycles. The van der Waals surface area contributed by atoms with Crippen LogP contribution >= 0.6 is 27.5 Å². The fourth-order valence-corrected chi connectivity index (χ4v) is 2.83. The number of aromatic nitrogens is 2. The molecule has 30 heavy (non-hydrogen) atoms. The van der Waals surface area contributed by atoms with Crippen molar-refractivity contribution in [3.05, 3.63) is 80.0 Å². The maximum Gasteiger partial charge on any atom is 0.326 e. The van der Waals surface area contributed by atoms with Crippen molar-refractivity contribution >= 4 is 50.8 Å². The maximum absolute atomic E-state index is 12.2. The number of hydrogen-bond acceptors (Lipinski definition) is 7. The first kappa shape index (κ1) is 21.1. The van der Waals surface area contributed by atoms with Crippen LogP contribution in [-0.2, 0) is 0 Å². The number of hydrogen-bond donors (Lipinski definition) is 2. The molecular formula is C18H11BrClN5O5. The Labute approximate surface area is 182 Å². The van der Waals surface area contributed by atoms with E-state index in [1.54, 1.807) is 6.07 Å². The van der Waals surface area contributed by atoms with E-state index < -0.39 is 22.5 Å². The van der Waals surface area contributed by atoms with Crippen molar-refractivity contribution in [1.29, 1.82) is 0 Å². The molecule has 0 aliphatic carbocycles. The highest BCUT2D eigenvalue weighted by Gasteiger charge is 2.21. The molecular weight excluding hydrogens is 482 g/mol. The Hall–Kier alpha value is -3.57. The van der Waals surface area contributed by atoms with Gasteiger partial charge in [-0.25, -0.2) is 14.8 Å². The van der Waals surface area contributed by atoms with E-state index in [0.717, 1.165) is 0 Å². The molecule has 0 unspecified atom stereocenters. The minimum atomic E-state index is -0.904. The predicted octanol–water partition coefficient (Wildman–Crippen LogP) is 4.55. The molecule has 3 aromatic rings. The fourth-order valence-electron chi connectivity index (χ4n) is 2.27. The number of ether oxygens (including phenoxy) is 1. The summed E-state index contributed by atoms with van der Waals surface area (Å²) in [4.78, 5) is 42.4. The number of benzene rings is 2. The van der Waals surface area contributed by atoms with Crippen molar-refractivity contribution in [2.75, 3.05) is 5.32 Å². The zero-order valence-corrected chi connectivity index (χ0v) is 17.2. The van der Waals surface area contributed by atoms with Gasteiger partial charge in [-0.1, -0.05) is 23.7 Å². The third-order valence-electron chi connectivity index (χ3n) is 3.56. The molecule has 0 spiro atoms. The topological polar surface area (TPSA) is 136 Å². The molecule has 3 amide bonds. The van der Waals surface area contributed by atoms with Crippen LogP contribution in [-0.4, -0.2) is 26.8 Å². The fraction of sp³-hybridized carbons (Fsp3) is 0. The molecule has 10 nitrogen and oxygen atoms in total. The van der Waals surface area contributed by atoms with E-state index in [2.05, 4.69) is 31.2 Å². The summed E-state index contributed by atoms with van der Waals surface area (Å²) >= 11 is 9.02. The second-order valence-corrected chi connectivity index (χ2v) is 6.90. The second-order valence-electron chi connectivity index (χ2n) is 5.61. The third-order valence-corrected chi connectivity index (χ3v) is 4.37.